The molecule has 2 aromatic heterocycles. The van der Waals surface area contributed by atoms with Crippen LogP contribution in [0.4, 0.5) is 5.82 Å². The molecule has 0 aliphatic carbocycles. The standard InChI is InChI=1S/C14H18N4S/c1-8-4-12-13(15-7-16-14(12)19-8)18-11-5-9-2-3-10(6-11)17-9/h4,7,9-11,17H,2-3,5-6H2,1H3,(H,15,16,18). The topological polar surface area (TPSA) is 49.8 Å². The van der Waals surface area contributed by atoms with E-state index in [1.54, 1.807) is 17.7 Å². The van der Waals surface area contributed by atoms with Crippen LogP contribution in [0.3, 0.4) is 0 Å². The van der Waals surface area contributed by atoms with Crippen LogP contribution in [0.25, 0.3) is 10.2 Å². The van der Waals surface area contributed by atoms with Crippen LogP contribution in [0.5, 0.6) is 0 Å². The number of piperidine rings is 1. The predicted molar refractivity (Wildman–Crippen MR) is 78.7 cm³/mol. The summed E-state index contributed by atoms with van der Waals surface area (Å²) in [6.45, 7) is 2.13. The van der Waals surface area contributed by atoms with Crippen molar-refractivity contribution >= 4 is 27.4 Å². The second kappa shape index (κ2) is 4.42. The maximum absolute atomic E-state index is 4.45. The van der Waals surface area contributed by atoms with E-state index in [1.807, 2.05) is 0 Å². The summed E-state index contributed by atoms with van der Waals surface area (Å²) in [6, 6.07) is 4.16. The molecule has 4 heterocycles. The number of anilines is 1. The van der Waals surface area contributed by atoms with Crippen molar-refractivity contribution in [3.8, 4) is 0 Å². The van der Waals surface area contributed by atoms with Gasteiger partial charge < -0.3 is 10.6 Å². The first-order valence-electron chi connectivity index (χ1n) is 7.01. The highest BCUT2D eigenvalue weighted by atomic mass is 32.1. The lowest BCUT2D eigenvalue weighted by molar-refractivity contribution is 0.378. The molecule has 4 rings (SSSR count). The number of hydrogen-bond donors (Lipinski definition) is 2. The molecule has 2 atom stereocenters. The summed E-state index contributed by atoms with van der Waals surface area (Å²) in [7, 11) is 0. The largest absolute Gasteiger partial charge is 0.367 e. The molecule has 2 aliphatic rings. The van der Waals surface area contributed by atoms with Gasteiger partial charge in [-0.2, -0.15) is 0 Å². The van der Waals surface area contributed by atoms with Crippen LogP contribution in [0, 0.1) is 6.92 Å². The third-order valence-corrected chi connectivity index (χ3v) is 5.23. The van der Waals surface area contributed by atoms with Gasteiger partial charge in [0.1, 0.15) is 17.0 Å². The molecule has 0 spiro atoms. The number of hydrogen-bond acceptors (Lipinski definition) is 5. The summed E-state index contributed by atoms with van der Waals surface area (Å²) in [4.78, 5) is 11.2. The molecule has 2 saturated heterocycles. The molecule has 0 saturated carbocycles. The van der Waals surface area contributed by atoms with Crippen LogP contribution >= 0.6 is 11.3 Å². The fraction of sp³-hybridized carbons (Fsp3) is 0.571. The Morgan fingerprint density at radius 1 is 1.26 bits per heavy atom. The van der Waals surface area contributed by atoms with Gasteiger partial charge in [0.15, 0.2) is 0 Å². The van der Waals surface area contributed by atoms with Gasteiger partial charge in [-0.15, -0.1) is 11.3 Å². The van der Waals surface area contributed by atoms with Gasteiger partial charge in [-0.3, -0.25) is 0 Å². The molecular formula is C14H18N4S. The Balaban J connectivity index is 1.61. The molecule has 100 valence electrons. The third kappa shape index (κ3) is 2.11. The van der Waals surface area contributed by atoms with Gasteiger partial charge in [-0.1, -0.05) is 0 Å². The summed E-state index contributed by atoms with van der Waals surface area (Å²) in [5, 5.41) is 8.51. The number of rotatable bonds is 2. The van der Waals surface area contributed by atoms with E-state index >= 15 is 0 Å². The van der Waals surface area contributed by atoms with Crippen LogP contribution in [-0.4, -0.2) is 28.1 Å². The van der Waals surface area contributed by atoms with Crippen molar-refractivity contribution in [3.63, 3.8) is 0 Å². The minimum absolute atomic E-state index is 0.553. The number of aryl methyl sites for hydroxylation is 1. The molecule has 0 radical (unpaired) electrons. The molecule has 5 heteroatoms. The number of nitrogens with one attached hydrogen (secondary N) is 2. The van der Waals surface area contributed by atoms with Crippen LogP contribution in [-0.2, 0) is 0 Å². The van der Waals surface area contributed by atoms with E-state index in [2.05, 4.69) is 33.6 Å². The summed E-state index contributed by atoms with van der Waals surface area (Å²) in [5.41, 5.74) is 0. The van der Waals surface area contributed by atoms with Gasteiger partial charge in [0.2, 0.25) is 0 Å². The number of thiophene rings is 1. The Bertz CT molecular complexity index is 597. The highest BCUT2D eigenvalue weighted by Gasteiger charge is 2.33. The van der Waals surface area contributed by atoms with Gasteiger partial charge in [0, 0.05) is 23.0 Å². The number of aromatic nitrogens is 2. The van der Waals surface area contributed by atoms with Crippen molar-refractivity contribution in [2.45, 2.75) is 50.7 Å². The maximum atomic E-state index is 4.45. The van der Waals surface area contributed by atoms with Crippen molar-refractivity contribution in [1.29, 1.82) is 0 Å². The lowest BCUT2D eigenvalue weighted by atomic mass is 10.00. The third-order valence-electron chi connectivity index (χ3n) is 4.27. The average Bonchev–Trinajstić information content (AvgIpc) is 2.92. The lowest BCUT2D eigenvalue weighted by Gasteiger charge is -2.30. The Morgan fingerprint density at radius 2 is 2.05 bits per heavy atom. The summed E-state index contributed by atoms with van der Waals surface area (Å²) < 4.78 is 0. The molecule has 0 aromatic carbocycles. The van der Waals surface area contributed by atoms with E-state index in [4.69, 9.17) is 0 Å². The Morgan fingerprint density at radius 3 is 2.84 bits per heavy atom. The van der Waals surface area contributed by atoms with E-state index in [9.17, 15) is 0 Å². The molecule has 2 unspecified atom stereocenters. The average molecular weight is 274 g/mol. The van der Waals surface area contributed by atoms with Crippen LogP contribution in [0.1, 0.15) is 30.6 Å². The van der Waals surface area contributed by atoms with Gasteiger partial charge in [0.25, 0.3) is 0 Å². The minimum atomic E-state index is 0.553. The first-order valence-corrected chi connectivity index (χ1v) is 7.83. The normalized spacial score (nSPS) is 29.8. The van der Waals surface area contributed by atoms with Crippen molar-refractivity contribution in [3.05, 3.63) is 17.3 Å². The van der Waals surface area contributed by atoms with E-state index in [0.717, 1.165) is 10.6 Å². The smallest absolute Gasteiger partial charge is 0.138 e. The van der Waals surface area contributed by atoms with Crippen molar-refractivity contribution in [2.75, 3.05) is 5.32 Å². The minimum Gasteiger partial charge on any atom is -0.367 e. The molecule has 19 heavy (non-hydrogen) atoms. The Kier molecular flexibility index (Phi) is 2.70. The fourth-order valence-electron chi connectivity index (χ4n) is 3.46. The van der Waals surface area contributed by atoms with Crippen molar-refractivity contribution in [1.82, 2.24) is 15.3 Å². The first kappa shape index (κ1) is 11.6. The lowest BCUT2D eigenvalue weighted by Crippen LogP contribution is -2.43. The molecule has 2 N–H and O–H groups in total. The molecule has 2 fully saturated rings. The molecule has 0 amide bonds. The van der Waals surface area contributed by atoms with Crippen molar-refractivity contribution < 1.29 is 0 Å². The van der Waals surface area contributed by atoms with Gasteiger partial charge >= 0.3 is 0 Å². The van der Waals surface area contributed by atoms with Crippen LogP contribution in [0.15, 0.2) is 12.4 Å². The fourth-order valence-corrected chi connectivity index (χ4v) is 4.31. The van der Waals surface area contributed by atoms with Crippen LogP contribution in [0.2, 0.25) is 0 Å². The molecular weight excluding hydrogens is 256 g/mol. The SMILES string of the molecule is Cc1cc2c(NC3CC4CCC(C3)N4)ncnc2s1. The zero-order valence-corrected chi connectivity index (χ0v) is 11.8. The molecule has 2 aromatic rings. The zero-order chi connectivity index (χ0) is 12.8. The number of nitrogens with zero attached hydrogens (tertiary/aromatic N) is 2. The quantitative estimate of drug-likeness (QED) is 0.884. The van der Waals surface area contributed by atoms with E-state index in [-0.39, 0.29) is 0 Å². The first-order chi connectivity index (χ1) is 9.28. The predicted octanol–water partition coefficient (Wildman–Crippen LogP) is 2.69. The van der Waals surface area contributed by atoms with Gasteiger partial charge in [0.05, 0.1) is 5.39 Å². The number of fused-ring (bicyclic) bond motifs is 3. The highest BCUT2D eigenvalue weighted by Crippen LogP contribution is 2.31. The maximum Gasteiger partial charge on any atom is 0.138 e. The highest BCUT2D eigenvalue weighted by molar-refractivity contribution is 7.18. The Hall–Kier alpha value is -1.20. The zero-order valence-electron chi connectivity index (χ0n) is 11.0. The van der Waals surface area contributed by atoms with Gasteiger partial charge in [-0.25, -0.2) is 9.97 Å². The summed E-state index contributed by atoms with van der Waals surface area (Å²) in [6.07, 6.45) is 6.77. The Labute approximate surface area is 116 Å². The van der Waals surface area contributed by atoms with Crippen molar-refractivity contribution in [2.24, 2.45) is 0 Å². The van der Waals surface area contributed by atoms with E-state index in [1.165, 1.54) is 35.9 Å². The molecule has 4 nitrogen and oxygen atoms in total. The summed E-state index contributed by atoms with van der Waals surface area (Å²) >= 11 is 1.74. The van der Waals surface area contributed by atoms with E-state index in [0.29, 0.717) is 18.1 Å². The van der Waals surface area contributed by atoms with Crippen LogP contribution < -0.4 is 10.6 Å². The second-order valence-electron chi connectivity index (χ2n) is 5.75. The second-order valence-corrected chi connectivity index (χ2v) is 6.98. The van der Waals surface area contributed by atoms with E-state index < -0.39 is 0 Å². The monoisotopic (exact) mass is 274 g/mol. The summed E-state index contributed by atoms with van der Waals surface area (Å²) in [5.74, 6) is 1.01. The molecule has 2 bridgehead atoms. The van der Waals surface area contributed by atoms with Gasteiger partial charge in [-0.05, 0) is 38.7 Å². The molecule has 2 aliphatic heterocycles.